The second-order valence-corrected chi connectivity index (χ2v) is 8.57. The maximum atomic E-state index is 13.2. The topological polar surface area (TPSA) is 55.3 Å². The first-order chi connectivity index (χ1) is 15.1. The van der Waals surface area contributed by atoms with E-state index >= 15 is 0 Å². The Balaban J connectivity index is 1.41. The molecule has 5 nitrogen and oxygen atoms in total. The van der Waals surface area contributed by atoms with Gasteiger partial charge in [-0.1, -0.05) is 42.5 Å². The molecule has 2 aliphatic rings. The van der Waals surface area contributed by atoms with Gasteiger partial charge in [-0.3, -0.25) is 4.79 Å². The van der Waals surface area contributed by atoms with E-state index in [9.17, 15) is 4.79 Å². The number of piperidine rings is 1. The van der Waals surface area contributed by atoms with Crippen LogP contribution in [0.1, 0.15) is 45.6 Å². The van der Waals surface area contributed by atoms with Crippen LogP contribution in [0.5, 0.6) is 0 Å². The molecule has 1 fully saturated rings. The molecule has 0 aliphatic carbocycles. The van der Waals surface area contributed by atoms with Crippen molar-refractivity contribution in [3.8, 4) is 11.4 Å². The van der Waals surface area contributed by atoms with E-state index in [1.165, 1.54) is 5.56 Å². The molecule has 5 heteroatoms. The maximum absolute atomic E-state index is 13.2. The molecular weight excluding hydrogens is 386 g/mol. The van der Waals surface area contributed by atoms with Crippen molar-refractivity contribution in [2.75, 3.05) is 19.7 Å². The number of rotatable bonds is 2. The van der Waals surface area contributed by atoms with Gasteiger partial charge in [0.05, 0.1) is 12.3 Å². The molecule has 31 heavy (non-hydrogen) atoms. The first-order valence-corrected chi connectivity index (χ1v) is 11.0. The van der Waals surface area contributed by atoms with Gasteiger partial charge in [-0.25, -0.2) is 9.97 Å². The minimum Gasteiger partial charge on any atom is -0.368 e. The first kappa shape index (κ1) is 19.9. The fourth-order valence-electron chi connectivity index (χ4n) is 4.74. The number of amides is 1. The van der Waals surface area contributed by atoms with E-state index in [1.54, 1.807) is 0 Å². The Bertz CT molecular complexity index is 1120. The highest BCUT2D eigenvalue weighted by Crippen LogP contribution is 2.41. The predicted octanol–water partition coefficient (Wildman–Crippen LogP) is 4.46. The fraction of sp³-hybridized carbons (Fsp3) is 0.346. The van der Waals surface area contributed by atoms with Crippen LogP contribution in [0.15, 0.2) is 54.7 Å². The van der Waals surface area contributed by atoms with Gasteiger partial charge in [-0.05, 0) is 55.9 Å². The van der Waals surface area contributed by atoms with Crippen molar-refractivity contribution in [3.05, 3.63) is 82.7 Å². The highest BCUT2D eigenvalue weighted by molar-refractivity contribution is 5.96. The van der Waals surface area contributed by atoms with Crippen molar-refractivity contribution in [1.82, 2.24) is 14.9 Å². The Morgan fingerprint density at radius 1 is 1.03 bits per heavy atom. The smallest absolute Gasteiger partial charge is 0.254 e. The molecule has 2 aromatic carbocycles. The summed E-state index contributed by atoms with van der Waals surface area (Å²) < 4.78 is 6.37. The second kappa shape index (κ2) is 7.89. The number of carbonyl (C=O) groups excluding carboxylic acids is 1. The van der Waals surface area contributed by atoms with E-state index in [2.05, 4.69) is 4.98 Å². The van der Waals surface area contributed by atoms with Crippen LogP contribution in [-0.4, -0.2) is 40.5 Å². The van der Waals surface area contributed by atoms with Crippen molar-refractivity contribution in [2.24, 2.45) is 0 Å². The van der Waals surface area contributed by atoms with Crippen LogP contribution in [0.3, 0.4) is 0 Å². The Labute approximate surface area is 183 Å². The molecule has 0 saturated carbocycles. The number of fused-ring (bicyclic) bond motifs is 2. The van der Waals surface area contributed by atoms with Gasteiger partial charge < -0.3 is 9.64 Å². The van der Waals surface area contributed by atoms with Crippen LogP contribution in [-0.2, 0) is 16.8 Å². The molecule has 5 rings (SSSR count). The number of carbonyl (C=O) groups is 1. The van der Waals surface area contributed by atoms with Crippen LogP contribution < -0.4 is 0 Å². The highest BCUT2D eigenvalue weighted by atomic mass is 16.5. The predicted molar refractivity (Wildman–Crippen MR) is 120 cm³/mol. The van der Waals surface area contributed by atoms with Gasteiger partial charge in [0, 0.05) is 30.4 Å². The van der Waals surface area contributed by atoms with Crippen LogP contribution in [0.2, 0.25) is 0 Å². The molecule has 1 spiro atoms. The molecule has 158 valence electrons. The van der Waals surface area contributed by atoms with Crippen molar-refractivity contribution in [3.63, 3.8) is 0 Å². The zero-order valence-electron chi connectivity index (χ0n) is 18.1. The summed E-state index contributed by atoms with van der Waals surface area (Å²) in [6.07, 6.45) is 4.30. The quantitative estimate of drug-likeness (QED) is 0.622. The van der Waals surface area contributed by atoms with Crippen molar-refractivity contribution in [2.45, 2.75) is 38.7 Å². The minimum atomic E-state index is -0.432. The third-order valence-electron chi connectivity index (χ3n) is 6.77. The first-order valence-electron chi connectivity index (χ1n) is 11.0. The van der Waals surface area contributed by atoms with Gasteiger partial charge in [0.1, 0.15) is 5.60 Å². The molecule has 0 radical (unpaired) electrons. The molecule has 0 unspecified atom stereocenters. The summed E-state index contributed by atoms with van der Waals surface area (Å²) in [7, 11) is 0. The Hall–Kier alpha value is -3.05. The van der Waals surface area contributed by atoms with Gasteiger partial charge >= 0.3 is 0 Å². The lowest BCUT2D eigenvalue weighted by Crippen LogP contribution is -2.49. The van der Waals surface area contributed by atoms with Gasteiger partial charge in [0.2, 0.25) is 0 Å². The molecule has 1 saturated heterocycles. The summed E-state index contributed by atoms with van der Waals surface area (Å²) in [5.74, 6) is 0.845. The lowest BCUT2D eigenvalue weighted by atomic mass is 9.83. The van der Waals surface area contributed by atoms with E-state index in [0.29, 0.717) is 19.7 Å². The van der Waals surface area contributed by atoms with E-state index in [1.807, 2.05) is 73.5 Å². The number of hydrogen-bond acceptors (Lipinski definition) is 4. The Morgan fingerprint density at radius 2 is 1.81 bits per heavy atom. The molecule has 2 aliphatic heterocycles. The number of aryl methyl sites for hydroxylation is 1. The van der Waals surface area contributed by atoms with Crippen LogP contribution in [0, 0.1) is 13.8 Å². The maximum Gasteiger partial charge on any atom is 0.254 e. The fourth-order valence-corrected chi connectivity index (χ4v) is 4.74. The summed E-state index contributed by atoms with van der Waals surface area (Å²) in [4.78, 5) is 24.7. The highest BCUT2D eigenvalue weighted by Gasteiger charge is 2.43. The van der Waals surface area contributed by atoms with Crippen LogP contribution in [0.4, 0.5) is 0 Å². The van der Waals surface area contributed by atoms with E-state index in [0.717, 1.165) is 53.0 Å². The zero-order valence-corrected chi connectivity index (χ0v) is 18.1. The monoisotopic (exact) mass is 413 g/mol. The van der Waals surface area contributed by atoms with Gasteiger partial charge in [0.25, 0.3) is 5.91 Å². The van der Waals surface area contributed by atoms with Gasteiger partial charge in [-0.2, -0.15) is 0 Å². The number of ether oxygens (including phenoxy) is 1. The Morgan fingerprint density at radius 3 is 2.58 bits per heavy atom. The largest absolute Gasteiger partial charge is 0.368 e. The molecule has 3 aromatic rings. The number of benzene rings is 2. The van der Waals surface area contributed by atoms with E-state index in [-0.39, 0.29) is 5.91 Å². The molecule has 0 bridgehead atoms. The average Bonchev–Trinajstić information content (AvgIpc) is 2.82. The summed E-state index contributed by atoms with van der Waals surface area (Å²) in [6, 6.07) is 16.0. The molecular formula is C26H27N3O2. The van der Waals surface area contributed by atoms with Crippen molar-refractivity contribution in [1.29, 1.82) is 0 Å². The lowest BCUT2D eigenvalue weighted by molar-refractivity contribution is -0.0967. The molecule has 1 aromatic heterocycles. The van der Waals surface area contributed by atoms with Crippen LogP contribution in [0.25, 0.3) is 11.4 Å². The average molecular weight is 414 g/mol. The third kappa shape index (κ3) is 3.53. The summed E-state index contributed by atoms with van der Waals surface area (Å²) in [6.45, 7) is 6.07. The van der Waals surface area contributed by atoms with Crippen molar-refractivity contribution < 1.29 is 9.53 Å². The number of aromatic nitrogens is 2. The van der Waals surface area contributed by atoms with E-state index in [4.69, 9.17) is 9.72 Å². The third-order valence-corrected chi connectivity index (χ3v) is 6.77. The van der Waals surface area contributed by atoms with Crippen molar-refractivity contribution >= 4 is 5.91 Å². The minimum absolute atomic E-state index is 0.111. The van der Waals surface area contributed by atoms with Crippen LogP contribution >= 0.6 is 0 Å². The molecule has 1 amide bonds. The number of hydrogen-bond donors (Lipinski definition) is 0. The summed E-state index contributed by atoms with van der Waals surface area (Å²) >= 11 is 0. The lowest BCUT2D eigenvalue weighted by Gasteiger charge is -2.44. The molecule has 0 N–H and O–H groups in total. The molecule has 3 heterocycles. The molecule has 0 atom stereocenters. The number of likely N-dealkylation sites (tertiary alicyclic amines) is 1. The summed E-state index contributed by atoms with van der Waals surface area (Å²) in [5.41, 5.74) is 5.76. The Kier molecular flexibility index (Phi) is 5.06. The zero-order chi connectivity index (χ0) is 21.4. The normalized spacial score (nSPS) is 17.4. The van der Waals surface area contributed by atoms with Gasteiger partial charge in [-0.15, -0.1) is 0 Å². The standard InChI is InChI=1S/C26H27N3O2/c1-18-7-6-10-22(19(18)2)25(30)29-14-12-26(13-15-29)23-21(11-16-31-26)17-27-24(28-23)20-8-4-3-5-9-20/h3-10,17H,11-16H2,1-2H3. The van der Waals surface area contributed by atoms with E-state index < -0.39 is 5.60 Å². The SMILES string of the molecule is Cc1cccc(C(=O)N2CCC3(CC2)OCCc2cnc(-c4ccccc4)nc23)c1C. The summed E-state index contributed by atoms with van der Waals surface area (Å²) in [5, 5.41) is 0. The number of nitrogens with zero attached hydrogens (tertiary/aromatic N) is 3. The second-order valence-electron chi connectivity index (χ2n) is 8.57. The van der Waals surface area contributed by atoms with Gasteiger partial charge in [0.15, 0.2) is 5.82 Å².